The first-order chi connectivity index (χ1) is 9.67. The second-order valence-corrected chi connectivity index (χ2v) is 5.82. The number of nitrogens with one attached hydrogen (secondary N) is 1. The summed E-state index contributed by atoms with van der Waals surface area (Å²) < 4.78 is 0. The maximum atomic E-state index is 12.2. The molecule has 1 aliphatic carbocycles. The molecule has 2 aliphatic rings. The molecule has 0 spiro atoms. The van der Waals surface area contributed by atoms with Crippen molar-refractivity contribution < 1.29 is 4.79 Å². The second kappa shape index (κ2) is 4.82. The van der Waals surface area contributed by atoms with E-state index >= 15 is 0 Å². The maximum Gasteiger partial charge on any atom is 0.227 e. The van der Waals surface area contributed by atoms with Crippen LogP contribution in [0.1, 0.15) is 31.2 Å². The van der Waals surface area contributed by atoms with E-state index in [1.54, 1.807) is 0 Å². The molecule has 1 aromatic rings. The van der Waals surface area contributed by atoms with E-state index in [1.807, 2.05) is 24.1 Å². The van der Waals surface area contributed by atoms with Crippen molar-refractivity contribution in [3.05, 3.63) is 23.8 Å². The molecule has 4 heteroatoms. The van der Waals surface area contributed by atoms with Crippen LogP contribution in [0.25, 0.3) is 0 Å². The minimum atomic E-state index is -0.314. The summed E-state index contributed by atoms with van der Waals surface area (Å²) in [4.78, 5) is 14.1. The molecule has 20 heavy (non-hydrogen) atoms. The van der Waals surface area contributed by atoms with E-state index < -0.39 is 0 Å². The molecule has 1 aromatic carbocycles. The minimum absolute atomic E-state index is 0.149. The molecule has 1 amide bonds. The molecule has 0 aromatic heterocycles. The minimum Gasteiger partial charge on any atom is -0.388 e. The molecule has 1 heterocycles. The summed E-state index contributed by atoms with van der Waals surface area (Å²) in [5.41, 5.74) is 2.94. The van der Waals surface area contributed by atoms with Gasteiger partial charge in [-0.25, -0.2) is 0 Å². The Labute approximate surface area is 119 Å². The number of rotatable bonds is 3. The van der Waals surface area contributed by atoms with Crippen LogP contribution in [-0.2, 0) is 11.2 Å². The number of nitriles is 1. The Balaban J connectivity index is 1.92. The monoisotopic (exact) mass is 269 g/mol. The van der Waals surface area contributed by atoms with Gasteiger partial charge in [0.15, 0.2) is 0 Å². The van der Waals surface area contributed by atoms with Crippen LogP contribution in [0, 0.1) is 16.7 Å². The Morgan fingerprint density at radius 2 is 2.20 bits per heavy atom. The van der Waals surface area contributed by atoms with E-state index in [9.17, 15) is 10.1 Å². The van der Waals surface area contributed by atoms with Crippen molar-refractivity contribution in [2.75, 3.05) is 23.8 Å². The number of benzene rings is 1. The van der Waals surface area contributed by atoms with E-state index in [-0.39, 0.29) is 11.3 Å². The molecule has 3 rings (SSSR count). The Bertz CT molecular complexity index is 584. The molecular formula is C16H19N3O. The van der Waals surface area contributed by atoms with Crippen molar-refractivity contribution in [2.45, 2.75) is 32.1 Å². The zero-order valence-corrected chi connectivity index (χ0v) is 11.8. The van der Waals surface area contributed by atoms with Crippen molar-refractivity contribution in [2.24, 2.45) is 5.41 Å². The van der Waals surface area contributed by atoms with Crippen molar-refractivity contribution in [3.63, 3.8) is 0 Å². The van der Waals surface area contributed by atoms with Crippen LogP contribution in [0.5, 0.6) is 0 Å². The largest absolute Gasteiger partial charge is 0.388 e. The van der Waals surface area contributed by atoms with Gasteiger partial charge < -0.3 is 10.2 Å². The number of hydrogen-bond acceptors (Lipinski definition) is 3. The summed E-state index contributed by atoms with van der Waals surface area (Å²) >= 11 is 0. The highest BCUT2D eigenvalue weighted by molar-refractivity contribution is 5.96. The Morgan fingerprint density at radius 3 is 2.80 bits per heavy atom. The predicted octanol–water partition coefficient (Wildman–Crippen LogP) is 2.70. The van der Waals surface area contributed by atoms with Gasteiger partial charge in [-0.15, -0.1) is 0 Å². The third kappa shape index (κ3) is 2.03. The zero-order chi connectivity index (χ0) is 14.2. The first-order valence-corrected chi connectivity index (χ1v) is 7.20. The fourth-order valence-corrected chi connectivity index (χ4v) is 3.10. The topological polar surface area (TPSA) is 56.1 Å². The summed E-state index contributed by atoms with van der Waals surface area (Å²) in [6.07, 6.45) is 4.26. The molecule has 0 bridgehead atoms. The summed E-state index contributed by atoms with van der Waals surface area (Å²) in [6.45, 7) is 0.550. The van der Waals surface area contributed by atoms with E-state index in [0.717, 1.165) is 37.1 Å². The summed E-state index contributed by atoms with van der Waals surface area (Å²) in [6, 6.07) is 8.53. The molecule has 1 aliphatic heterocycles. The lowest BCUT2D eigenvalue weighted by Gasteiger charge is -2.41. The zero-order valence-electron chi connectivity index (χ0n) is 11.8. The quantitative estimate of drug-likeness (QED) is 0.918. The number of nitrogens with zero attached hydrogens (tertiary/aromatic N) is 2. The normalized spacial score (nSPS) is 19.8. The molecule has 1 fully saturated rings. The molecule has 1 saturated carbocycles. The third-order valence-corrected chi connectivity index (χ3v) is 4.58. The predicted molar refractivity (Wildman–Crippen MR) is 78.6 cm³/mol. The average Bonchev–Trinajstić information content (AvgIpc) is 2.44. The number of amides is 1. The van der Waals surface area contributed by atoms with Crippen LogP contribution < -0.4 is 10.2 Å². The number of anilines is 2. The van der Waals surface area contributed by atoms with Gasteiger partial charge in [0.2, 0.25) is 5.91 Å². The van der Waals surface area contributed by atoms with Crippen LogP contribution >= 0.6 is 0 Å². The lowest BCUT2D eigenvalue weighted by molar-refractivity contribution is -0.119. The molecule has 1 N–H and O–H groups in total. The van der Waals surface area contributed by atoms with Gasteiger partial charge in [0.25, 0.3) is 0 Å². The van der Waals surface area contributed by atoms with Crippen LogP contribution in [0.2, 0.25) is 0 Å². The van der Waals surface area contributed by atoms with Crippen LogP contribution in [-0.4, -0.2) is 19.5 Å². The molecule has 104 valence electrons. The van der Waals surface area contributed by atoms with Gasteiger partial charge in [0.1, 0.15) is 0 Å². The molecule has 0 radical (unpaired) electrons. The van der Waals surface area contributed by atoms with E-state index in [0.29, 0.717) is 13.0 Å². The first kappa shape index (κ1) is 13.0. The maximum absolute atomic E-state index is 12.2. The number of fused-ring (bicyclic) bond motifs is 1. The lowest BCUT2D eigenvalue weighted by Crippen LogP contribution is -2.46. The van der Waals surface area contributed by atoms with Gasteiger partial charge in [0.05, 0.1) is 11.5 Å². The Hall–Kier alpha value is -2.02. The second-order valence-electron chi connectivity index (χ2n) is 5.82. The number of aryl methyl sites for hydroxylation is 1. The van der Waals surface area contributed by atoms with Crippen LogP contribution in [0.15, 0.2) is 18.2 Å². The molecule has 0 saturated heterocycles. The average molecular weight is 269 g/mol. The van der Waals surface area contributed by atoms with Gasteiger partial charge in [0, 0.05) is 31.4 Å². The van der Waals surface area contributed by atoms with E-state index in [1.165, 1.54) is 5.56 Å². The van der Waals surface area contributed by atoms with Crippen molar-refractivity contribution in [3.8, 4) is 6.07 Å². The van der Waals surface area contributed by atoms with E-state index in [4.69, 9.17) is 0 Å². The van der Waals surface area contributed by atoms with E-state index in [2.05, 4.69) is 17.5 Å². The Morgan fingerprint density at radius 1 is 1.40 bits per heavy atom. The standard InChI is InChI=1S/C16H19N3O/c1-18-13-4-5-14-12(9-13)3-6-15(20)19(14)11-16(10-17)7-2-8-16/h4-5,9,18H,2-3,6-8,11H2,1H3. The number of carbonyl (C=O) groups excluding carboxylic acids is 1. The highest BCUT2D eigenvalue weighted by Crippen LogP contribution is 2.43. The number of hydrogen-bond donors (Lipinski definition) is 1. The third-order valence-electron chi connectivity index (χ3n) is 4.58. The Kier molecular flexibility index (Phi) is 3.13. The van der Waals surface area contributed by atoms with Gasteiger partial charge in [-0.2, -0.15) is 5.26 Å². The summed E-state index contributed by atoms with van der Waals surface area (Å²) in [5, 5.41) is 12.5. The fourth-order valence-electron chi connectivity index (χ4n) is 3.10. The van der Waals surface area contributed by atoms with Gasteiger partial charge in [-0.1, -0.05) is 6.42 Å². The highest BCUT2D eigenvalue weighted by atomic mass is 16.2. The van der Waals surface area contributed by atoms with Crippen LogP contribution in [0.3, 0.4) is 0 Å². The van der Waals surface area contributed by atoms with Crippen molar-refractivity contribution in [1.29, 1.82) is 5.26 Å². The van der Waals surface area contributed by atoms with Gasteiger partial charge in [-0.3, -0.25) is 4.79 Å². The summed E-state index contributed by atoms with van der Waals surface area (Å²) in [5.74, 6) is 0.149. The van der Waals surface area contributed by atoms with Gasteiger partial charge >= 0.3 is 0 Å². The molecular weight excluding hydrogens is 250 g/mol. The van der Waals surface area contributed by atoms with Crippen LogP contribution in [0.4, 0.5) is 11.4 Å². The molecule has 0 atom stereocenters. The van der Waals surface area contributed by atoms with Crippen molar-refractivity contribution in [1.82, 2.24) is 0 Å². The van der Waals surface area contributed by atoms with Crippen molar-refractivity contribution >= 4 is 17.3 Å². The summed E-state index contributed by atoms with van der Waals surface area (Å²) in [7, 11) is 1.90. The SMILES string of the molecule is CNc1ccc2c(c1)CCC(=O)N2CC1(C#N)CCC1. The molecule has 4 nitrogen and oxygen atoms in total. The number of carbonyl (C=O) groups is 1. The fraction of sp³-hybridized carbons (Fsp3) is 0.500. The smallest absolute Gasteiger partial charge is 0.227 e. The lowest BCUT2D eigenvalue weighted by atomic mass is 9.69. The molecule has 0 unspecified atom stereocenters. The first-order valence-electron chi connectivity index (χ1n) is 7.20. The highest BCUT2D eigenvalue weighted by Gasteiger charge is 2.41. The van der Waals surface area contributed by atoms with Gasteiger partial charge in [-0.05, 0) is 43.0 Å².